The Labute approximate surface area is 356 Å². The van der Waals surface area contributed by atoms with Crippen LogP contribution in [0.5, 0.6) is 5.75 Å². The average molecular weight is 1000 g/mol. The zero-order valence-electron chi connectivity index (χ0n) is 33.2. The Balaban J connectivity index is 2.32. The lowest BCUT2D eigenvalue weighted by atomic mass is 9.88. The number of carbonyl (C=O) groups excluding carboxylic acids is 5. The lowest BCUT2D eigenvalue weighted by Gasteiger charge is -2.44. The smallest absolute Gasteiger partial charge is 0.460 e. The Kier molecular flexibility index (Phi) is 17.2. The van der Waals surface area contributed by atoms with Gasteiger partial charge in [-0.05, 0) is 18.6 Å². The van der Waals surface area contributed by atoms with E-state index in [1.165, 1.54) is 0 Å². The molecule has 1 heterocycles. The second-order valence-corrected chi connectivity index (χ2v) is 13.5. The Hall–Kier alpha value is -5.66. The second-order valence-electron chi connectivity index (χ2n) is 13.5. The van der Waals surface area contributed by atoms with Crippen LogP contribution in [0, 0.1) is 10.1 Å². The molecule has 1 aromatic rings. The van der Waals surface area contributed by atoms with Crippen LogP contribution in [0.3, 0.4) is 0 Å². The molecule has 33 heteroatoms. The third kappa shape index (κ3) is 11.6. The third-order valence-corrected chi connectivity index (χ3v) is 8.57. The number of nitro groups is 1. The van der Waals surface area contributed by atoms with Crippen LogP contribution >= 0.6 is 0 Å². The summed E-state index contributed by atoms with van der Waals surface area (Å²) >= 11 is 0. The van der Waals surface area contributed by atoms with Gasteiger partial charge in [-0.2, -0.15) is 74.6 Å². The number of carbonyl (C=O) groups is 5. The number of rotatable bonds is 20. The van der Waals surface area contributed by atoms with Crippen molar-refractivity contribution in [2.45, 2.75) is 125 Å². The molecule has 5 atom stereocenters. The van der Waals surface area contributed by atoms with Crippen LogP contribution in [0.1, 0.15) is 46.1 Å². The molecule has 0 aliphatic carbocycles. The summed E-state index contributed by atoms with van der Waals surface area (Å²) in [6, 6.07) is -0.0996. The van der Waals surface area contributed by atoms with Crippen LogP contribution in [0.4, 0.5) is 85.1 Å². The van der Waals surface area contributed by atoms with Crippen molar-refractivity contribution in [1.82, 2.24) is 5.32 Å². The predicted molar refractivity (Wildman–Crippen MR) is 174 cm³/mol. The number of benzene rings is 1. The van der Waals surface area contributed by atoms with Crippen molar-refractivity contribution in [3.63, 3.8) is 0 Å². The van der Waals surface area contributed by atoms with Crippen molar-refractivity contribution < 1.29 is 137 Å². The molecular weight excluding hydrogens is 971 g/mol. The molecule has 1 saturated heterocycles. The van der Waals surface area contributed by atoms with E-state index < -0.39 is 163 Å². The zero-order valence-corrected chi connectivity index (χ0v) is 33.2. The number of hydrogen-bond acceptors (Lipinski definition) is 14. The van der Waals surface area contributed by atoms with Crippen molar-refractivity contribution in [1.29, 1.82) is 0 Å². The Morgan fingerprint density at radius 2 is 1.15 bits per heavy atom. The van der Waals surface area contributed by atoms with E-state index in [-0.39, 0.29) is 0 Å². The van der Waals surface area contributed by atoms with E-state index in [1.807, 2.05) is 5.32 Å². The van der Waals surface area contributed by atoms with Crippen molar-refractivity contribution >= 4 is 35.7 Å². The highest BCUT2D eigenvalue weighted by atomic mass is 19.4. The molecule has 1 aliphatic rings. The quantitative estimate of drug-likeness (QED) is 0.0347. The molecule has 16 nitrogen and oxygen atoms in total. The second kappa shape index (κ2) is 20.1. The van der Waals surface area contributed by atoms with Gasteiger partial charge in [0.15, 0.2) is 12.2 Å². The molecular formula is C33H31F17N2O14. The van der Waals surface area contributed by atoms with Crippen LogP contribution in [0.25, 0.3) is 0 Å². The van der Waals surface area contributed by atoms with Gasteiger partial charge in [0.2, 0.25) is 6.29 Å². The van der Waals surface area contributed by atoms with Crippen LogP contribution in [0.15, 0.2) is 18.2 Å². The summed E-state index contributed by atoms with van der Waals surface area (Å²) in [7, 11) is 0. The number of nitrogens with zero attached hydrogens (tertiary/aromatic N) is 1. The topological polar surface area (TPSA) is 205 Å². The van der Waals surface area contributed by atoms with Crippen molar-refractivity contribution in [2.24, 2.45) is 0 Å². The molecule has 1 N–H and O–H groups in total. The Morgan fingerprint density at radius 3 is 1.62 bits per heavy atom. The molecule has 2 rings (SSSR count). The molecule has 1 fully saturated rings. The first-order valence-corrected chi connectivity index (χ1v) is 17.6. The van der Waals surface area contributed by atoms with Gasteiger partial charge < -0.3 is 38.5 Å². The van der Waals surface area contributed by atoms with Crippen LogP contribution in [-0.2, 0) is 54.2 Å². The highest BCUT2D eigenvalue weighted by Gasteiger charge is 2.95. The molecule has 1 aliphatic heterocycles. The number of alkyl carbamates (subject to hydrolysis) is 1. The monoisotopic (exact) mass is 1000 g/mol. The van der Waals surface area contributed by atoms with Gasteiger partial charge in [-0.15, -0.1) is 0 Å². The lowest BCUT2D eigenvalue weighted by molar-refractivity contribution is -0.461. The van der Waals surface area contributed by atoms with E-state index in [2.05, 4.69) is 0 Å². The maximum absolute atomic E-state index is 14.3. The number of ether oxygens (including phenoxy) is 7. The number of halogens is 17. The highest BCUT2D eigenvalue weighted by Crippen LogP contribution is 2.64. The third-order valence-electron chi connectivity index (χ3n) is 8.57. The van der Waals surface area contributed by atoms with Crippen molar-refractivity contribution in [2.75, 3.05) is 13.2 Å². The molecule has 0 bridgehead atoms. The molecule has 0 saturated carbocycles. The van der Waals surface area contributed by atoms with E-state index in [0.717, 1.165) is 27.7 Å². The van der Waals surface area contributed by atoms with Gasteiger partial charge >= 0.3 is 77.6 Å². The van der Waals surface area contributed by atoms with Gasteiger partial charge in [0.1, 0.15) is 31.1 Å². The fourth-order valence-corrected chi connectivity index (χ4v) is 5.42. The molecule has 66 heavy (non-hydrogen) atoms. The number of alkyl halides is 17. The maximum Gasteiger partial charge on any atom is 0.460 e. The van der Waals surface area contributed by atoms with Gasteiger partial charge in [0, 0.05) is 40.2 Å². The van der Waals surface area contributed by atoms with Gasteiger partial charge in [-0.1, -0.05) is 0 Å². The standard InChI is InChI=1S/C33H31F17N2O14/c1-13(53)61-12-20-22(63-14(2)54)23(64-15(3)55)21(24(66-20)65-16(4)56)51-25(57)62-11-17-10-18(6-7-19(17)52(58)59)60-9-5-8-26(34,35)27(36,37)28(38,39)29(40,41)30(42,43)31(44,45)32(46,47)33(48,49)50/h6-7,10,20-24H,5,8-9,11-12H2,1-4H3,(H,51,57)/t20-,21-,22-,23-,24-/m1/s1. The Bertz CT molecular complexity index is 1970. The molecule has 1 aromatic carbocycles. The average Bonchev–Trinajstić information content (AvgIpc) is 3.15. The first-order chi connectivity index (χ1) is 29.7. The number of hydrogen-bond donors (Lipinski definition) is 1. The van der Waals surface area contributed by atoms with Gasteiger partial charge in [-0.25, -0.2) is 4.79 Å². The van der Waals surface area contributed by atoms with Crippen LogP contribution in [-0.4, -0.2) is 126 Å². The summed E-state index contributed by atoms with van der Waals surface area (Å²) in [6.45, 7) is 0.172. The fourth-order valence-electron chi connectivity index (χ4n) is 5.42. The van der Waals surface area contributed by atoms with Gasteiger partial charge in [0.05, 0.1) is 17.1 Å². The normalized spacial score (nSPS) is 20.1. The first kappa shape index (κ1) is 56.5. The fraction of sp³-hybridized carbons (Fsp3) is 0.667. The summed E-state index contributed by atoms with van der Waals surface area (Å²) in [6.07, 6.45) is -21.2. The van der Waals surface area contributed by atoms with E-state index in [4.69, 9.17) is 33.2 Å². The van der Waals surface area contributed by atoms with Gasteiger partial charge in [0.25, 0.3) is 5.69 Å². The highest BCUT2D eigenvalue weighted by molar-refractivity contribution is 5.70. The molecule has 1 amide bonds. The van der Waals surface area contributed by atoms with E-state index in [0.29, 0.717) is 18.2 Å². The number of amides is 1. The summed E-state index contributed by atoms with van der Waals surface area (Å²) < 4.78 is 266. The largest absolute Gasteiger partial charge is 0.494 e. The van der Waals surface area contributed by atoms with Gasteiger partial charge in [-0.3, -0.25) is 29.3 Å². The summed E-state index contributed by atoms with van der Waals surface area (Å²) in [4.78, 5) is 70.9. The maximum atomic E-state index is 14.3. The molecule has 0 unspecified atom stereocenters. The van der Waals surface area contributed by atoms with E-state index in [1.54, 1.807) is 0 Å². The number of nitro benzene ring substituents is 1. The zero-order chi connectivity index (χ0) is 51.4. The van der Waals surface area contributed by atoms with Crippen LogP contribution < -0.4 is 10.1 Å². The first-order valence-electron chi connectivity index (χ1n) is 17.6. The summed E-state index contributed by atoms with van der Waals surface area (Å²) in [5.74, 6) is -62.5. The number of esters is 4. The molecule has 0 spiro atoms. The minimum atomic E-state index is -8.79. The Morgan fingerprint density at radius 1 is 0.667 bits per heavy atom. The minimum absolute atomic E-state index is 0.560. The lowest BCUT2D eigenvalue weighted by Crippen LogP contribution is -2.74. The SMILES string of the molecule is CC(=O)OC[C@H]1O[C@@H](OC(C)=O)[C@H](NC(=O)OCc2cc(OCCCC(F)(F)C(F)(F)C(F)(F)C(F)(F)C(F)(F)C(F)(F)C(F)(F)C(F)(F)F)ccc2[N+](=O)[O-])[C@@H](OC(C)=O)[C@@H]1OC(C)=O. The summed E-state index contributed by atoms with van der Waals surface area (Å²) in [5.41, 5.74) is -1.62. The van der Waals surface area contributed by atoms with E-state index in [9.17, 15) is 109 Å². The number of nitrogens with one attached hydrogen (secondary N) is 1. The van der Waals surface area contributed by atoms with E-state index >= 15 is 0 Å². The molecule has 0 radical (unpaired) electrons. The molecule has 376 valence electrons. The minimum Gasteiger partial charge on any atom is -0.494 e. The summed E-state index contributed by atoms with van der Waals surface area (Å²) in [5, 5.41) is 13.7. The van der Waals surface area contributed by atoms with Crippen molar-refractivity contribution in [3.8, 4) is 5.75 Å². The van der Waals surface area contributed by atoms with Crippen molar-refractivity contribution in [3.05, 3.63) is 33.9 Å². The van der Waals surface area contributed by atoms with Crippen LogP contribution in [0.2, 0.25) is 0 Å². The molecule has 0 aromatic heterocycles. The predicted octanol–water partition coefficient (Wildman–Crippen LogP) is 7.07.